The van der Waals surface area contributed by atoms with Gasteiger partial charge in [0.15, 0.2) is 6.61 Å². The standard InChI is InChI=1S/C21H24N2O5/c24-17-5-4-8-19(15-17)28-16-21(26)23-12-10-22(11-13-23)20(25)9-14-27-18-6-2-1-3-7-18/h1-8,15,24H,9-14,16H2. The minimum atomic E-state index is -0.136. The summed E-state index contributed by atoms with van der Waals surface area (Å²) in [6, 6.07) is 15.7. The van der Waals surface area contributed by atoms with E-state index in [4.69, 9.17) is 9.47 Å². The number of para-hydroxylation sites is 1. The number of carbonyl (C=O) groups is 2. The second-order valence-corrected chi connectivity index (χ2v) is 6.46. The Hall–Kier alpha value is -3.22. The number of phenols is 1. The number of ether oxygens (including phenoxy) is 2. The van der Waals surface area contributed by atoms with Gasteiger partial charge in [0.1, 0.15) is 17.2 Å². The van der Waals surface area contributed by atoms with Gasteiger partial charge in [-0.1, -0.05) is 24.3 Å². The van der Waals surface area contributed by atoms with Crippen LogP contribution < -0.4 is 9.47 Å². The molecule has 3 rings (SSSR count). The van der Waals surface area contributed by atoms with Crippen molar-refractivity contribution in [3.63, 3.8) is 0 Å². The molecule has 1 heterocycles. The highest BCUT2D eigenvalue weighted by Crippen LogP contribution is 2.17. The summed E-state index contributed by atoms with van der Waals surface area (Å²) in [6.07, 6.45) is 0.309. The van der Waals surface area contributed by atoms with Gasteiger partial charge in [-0.3, -0.25) is 9.59 Å². The van der Waals surface area contributed by atoms with E-state index in [0.29, 0.717) is 45.0 Å². The molecule has 0 aromatic heterocycles. The molecule has 28 heavy (non-hydrogen) atoms. The number of phenolic OH excluding ortho intramolecular Hbond substituents is 1. The molecule has 0 atom stereocenters. The largest absolute Gasteiger partial charge is 0.508 e. The molecule has 2 amide bonds. The number of nitrogens with zero attached hydrogens (tertiary/aromatic N) is 2. The number of hydrogen-bond donors (Lipinski definition) is 1. The van der Waals surface area contributed by atoms with Crippen molar-refractivity contribution in [1.82, 2.24) is 9.80 Å². The molecule has 0 bridgehead atoms. The van der Waals surface area contributed by atoms with Crippen LogP contribution in [-0.2, 0) is 9.59 Å². The summed E-state index contributed by atoms with van der Waals surface area (Å²) in [5, 5.41) is 9.41. The highest BCUT2D eigenvalue weighted by molar-refractivity contribution is 5.79. The zero-order chi connectivity index (χ0) is 19.8. The van der Waals surface area contributed by atoms with Gasteiger partial charge in [0.05, 0.1) is 13.0 Å². The third-order valence-corrected chi connectivity index (χ3v) is 4.49. The van der Waals surface area contributed by atoms with E-state index in [2.05, 4.69) is 0 Å². The molecule has 1 saturated heterocycles. The van der Waals surface area contributed by atoms with E-state index in [1.165, 1.54) is 12.1 Å². The molecule has 1 aliphatic heterocycles. The first-order valence-corrected chi connectivity index (χ1v) is 9.27. The summed E-state index contributed by atoms with van der Waals surface area (Å²) in [5.74, 6) is 1.17. The van der Waals surface area contributed by atoms with Crippen LogP contribution in [0.3, 0.4) is 0 Å². The molecule has 1 N–H and O–H groups in total. The Balaban J connectivity index is 1.36. The molecule has 148 valence electrons. The minimum Gasteiger partial charge on any atom is -0.508 e. The fraction of sp³-hybridized carbons (Fsp3) is 0.333. The van der Waals surface area contributed by atoms with Crippen molar-refractivity contribution in [2.24, 2.45) is 0 Å². The van der Waals surface area contributed by atoms with Gasteiger partial charge >= 0.3 is 0 Å². The molecular formula is C21H24N2O5. The van der Waals surface area contributed by atoms with Crippen molar-refractivity contribution in [3.8, 4) is 17.2 Å². The first-order valence-electron chi connectivity index (χ1n) is 9.27. The average Bonchev–Trinajstić information content (AvgIpc) is 2.73. The van der Waals surface area contributed by atoms with Crippen LogP contribution in [0, 0.1) is 0 Å². The summed E-state index contributed by atoms with van der Waals surface area (Å²) in [5.41, 5.74) is 0. The molecule has 0 spiro atoms. The number of hydrogen-bond acceptors (Lipinski definition) is 5. The zero-order valence-corrected chi connectivity index (χ0v) is 15.6. The van der Waals surface area contributed by atoms with E-state index >= 15 is 0 Å². The van der Waals surface area contributed by atoms with E-state index in [1.807, 2.05) is 30.3 Å². The first-order chi connectivity index (χ1) is 13.6. The number of piperazine rings is 1. The van der Waals surface area contributed by atoms with Crippen LogP contribution in [-0.4, -0.2) is 66.1 Å². The Labute approximate surface area is 164 Å². The van der Waals surface area contributed by atoms with Crippen LogP contribution >= 0.6 is 0 Å². The molecular weight excluding hydrogens is 360 g/mol. The fourth-order valence-corrected chi connectivity index (χ4v) is 2.95. The SMILES string of the molecule is O=C(CCOc1ccccc1)N1CCN(C(=O)COc2cccc(O)c2)CC1. The predicted octanol–water partition coefficient (Wildman–Crippen LogP) is 1.91. The Morgan fingerprint density at radius 1 is 0.821 bits per heavy atom. The van der Waals surface area contributed by atoms with Crippen LogP contribution in [0.25, 0.3) is 0 Å². The molecule has 2 aromatic rings. The maximum absolute atomic E-state index is 12.3. The fourth-order valence-electron chi connectivity index (χ4n) is 2.95. The number of rotatable bonds is 7. The van der Waals surface area contributed by atoms with Gasteiger partial charge in [-0.05, 0) is 24.3 Å². The lowest BCUT2D eigenvalue weighted by molar-refractivity contribution is -0.141. The molecule has 7 nitrogen and oxygen atoms in total. The lowest BCUT2D eigenvalue weighted by Crippen LogP contribution is -2.51. The van der Waals surface area contributed by atoms with Gasteiger partial charge in [-0.15, -0.1) is 0 Å². The Bertz CT molecular complexity index is 788. The summed E-state index contributed by atoms with van der Waals surface area (Å²) in [6.45, 7) is 2.20. The van der Waals surface area contributed by atoms with E-state index in [9.17, 15) is 14.7 Å². The number of aromatic hydroxyl groups is 1. The summed E-state index contributed by atoms with van der Waals surface area (Å²) < 4.78 is 11.0. The van der Waals surface area contributed by atoms with Crippen LogP contribution in [0.2, 0.25) is 0 Å². The molecule has 0 radical (unpaired) electrons. The normalized spacial score (nSPS) is 13.9. The predicted molar refractivity (Wildman–Crippen MR) is 103 cm³/mol. The molecule has 0 aliphatic carbocycles. The zero-order valence-electron chi connectivity index (χ0n) is 15.6. The highest BCUT2D eigenvalue weighted by atomic mass is 16.5. The van der Waals surface area contributed by atoms with Crippen molar-refractivity contribution in [3.05, 3.63) is 54.6 Å². The molecule has 0 unspecified atom stereocenters. The van der Waals surface area contributed by atoms with Gasteiger partial charge in [-0.2, -0.15) is 0 Å². The maximum atomic E-state index is 12.3. The van der Waals surface area contributed by atoms with Crippen molar-refractivity contribution >= 4 is 11.8 Å². The number of amides is 2. The molecule has 2 aromatic carbocycles. The van der Waals surface area contributed by atoms with E-state index < -0.39 is 0 Å². The third kappa shape index (κ3) is 5.64. The lowest BCUT2D eigenvalue weighted by atomic mass is 10.2. The smallest absolute Gasteiger partial charge is 0.260 e. The van der Waals surface area contributed by atoms with Crippen LogP contribution in [0.15, 0.2) is 54.6 Å². The van der Waals surface area contributed by atoms with Gasteiger partial charge in [0, 0.05) is 32.2 Å². The van der Waals surface area contributed by atoms with Crippen molar-refractivity contribution in [2.75, 3.05) is 39.4 Å². The van der Waals surface area contributed by atoms with Gasteiger partial charge in [-0.25, -0.2) is 0 Å². The summed E-state index contributed by atoms with van der Waals surface area (Å²) in [7, 11) is 0. The topological polar surface area (TPSA) is 79.3 Å². The maximum Gasteiger partial charge on any atom is 0.260 e. The van der Waals surface area contributed by atoms with Gasteiger partial charge in [0.2, 0.25) is 5.91 Å². The summed E-state index contributed by atoms with van der Waals surface area (Å²) >= 11 is 0. The Morgan fingerprint density at radius 2 is 1.46 bits per heavy atom. The summed E-state index contributed by atoms with van der Waals surface area (Å²) in [4.78, 5) is 28.0. The van der Waals surface area contributed by atoms with E-state index in [0.717, 1.165) is 5.75 Å². The van der Waals surface area contributed by atoms with Gasteiger partial charge in [0.25, 0.3) is 5.91 Å². The Kier molecular flexibility index (Phi) is 6.73. The van der Waals surface area contributed by atoms with Crippen molar-refractivity contribution < 1.29 is 24.2 Å². The van der Waals surface area contributed by atoms with Crippen molar-refractivity contribution in [1.29, 1.82) is 0 Å². The molecule has 1 aliphatic rings. The lowest BCUT2D eigenvalue weighted by Gasteiger charge is -2.34. The monoisotopic (exact) mass is 384 g/mol. The van der Waals surface area contributed by atoms with Crippen LogP contribution in [0.5, 0.6) is 17.2 Å². The second kappa shape index (κ2) is 9.64. The molecule has 7 heteroatoms. The van der Waals surface area contributed by atoms with Crippen LogP contribution in [0.1, 0.15) is 6.42 Å². The quantitative estimate of drug-likeness (QED) is 0.789. The van der Waals surface area contributed by atoms with E-state index in [1.54, 1.807) is 21.9 Å². The van der Waals surface area contributed by atoms with Crippen molar-refractivity contribution in [2.45, 2.75) is 6.42 Å². The second-order valence-electron chi connectivity index (χ2n) is 6.46. The Morgan fingerprint density at radius 3 is 2.14 bits per heavy atom. The van der Waals surface area contributed by atoms with Crippen LogP contribution in [0.4, 0.5) is 0 Å². The molecule has 1 fully saturated rings. The number of carbonyl (C=O) groups excluding carboxylic acids is 2. The van der Waals surface area contributed by atoms with Gasteiger partial charge < -0.3 is 24.4 Å². The minimum absolute atomic E-state index is 0.0269. The third-order valence-electron chi connectivity index (χ3n) is 4.49. The first kappa shape index (κ1) is 19.5. The molecule has 0 saturated carbocycles. The van der Waals surface area contributed by atoms with E-state index in [-0.39, 0.29) is 24.2 Å². The number of benzene rings is 2. The average molecular weight is 384 g/mol. The highest BCUT2D eigenvalue weighted by Gasteiger charge is 2.24.